The van der Waals surface area contributed by atoms with Crippen molar-refractivity contribution in [2.75, 3.05) is 56.6 Å². The minimum absolute atomic E-state index is 0.123. The molecule has 9 heteroatoms. The molecule has 3 rings (SSSR count). The molecule has 2 amide bonds. The Morgan fingerprint density at radius 1 is 1.10 bits per heavy atom. The van der Waals surface area contributed by atoms with Crippen LogP contribution in [-0.2, 0) is 0 Å². The van der Waals surface area contributed by atoms with Gasteiger partial charge in [0, 0.05) is 44.5 Å². The molecule has 30 heavy (non-hydrogen) atoms. The van der Waals surface area contributed by atoms with E-state index in [0.717, 1.165) is 44.9 Å². The molecule has 160 valence electrons. The molecule has 1 saturated heterocycles. The maximum atomic E-state index is 12.0. The van der Waals surface area contributed by atoms with E-state index in [1.165, 1.54) is 17.8 Å². The Hall–Kier alpha value is -3.33. The van der Waals surface area contributed by atoms with Crippen molar-refractivity contribution in [3.8, 4) is 5.75 Å². The monoisotopic (exact) mass is 413 g/mol. The number of anilines is 2. The maximum Gasteiger partial charge on any atom is 0.319 e. The molecule has 0 spiro atoms. The molecule has 1 aliphatic rings. The fraction of sp³-hybridized carbons (Fsp3) is 0.381. The van der Waals surface area contributed by atoms with E-state index < -0.39 is 11.0 Å². The number of para-hydroxylation sites is 2. The van der Waals surface area contributed by atoms with Crippen molar-refractivity contribution in [3.05, 3.63) is 58.6 Å². The molecule has 0 atom stereocenters. The molecule has 0 aliphatic carbocycles. The van der Waals surface area contributed by atoms with Gasteiger partial charge in [-0.15, -0.1) is 0 Å². The van der Waals surface area contributed by atoms with E-state index in [2.05, 4.69) is 32.6 Å². The highest BCUT2D eigenvalue weighted by Crippen LogP contribution is 2.23. The Balaban J connectivity index is 1.34. The highest BCUT2D eigenvalue weighted by atomic mass is 16.6. The fourth-order valence-electron chi connectivity index (χ4n) is 3.43. The number of carbonyl (C=O) groups is 1. The van der Waals surface area contributed by atoms with Crippen molar-refractivity contribution in [2.24, 2.45) is 0 Å². The number of nitro benzene ring substituents is 1. The number of urea groups is 1. The van der Waals surface area contributed by atoms with Crippen LogP contribution in [0.15, 0.2) is 48.5 Å². The van der Waals surface area contributed by atoms with Gasteiger partial charge in [0.15, 0.2) is 0 Å². The van der Waals surface area contributed by atoms with Crippen molar-refractivity contribution in [1.29, 1.82) is 0 Å². The molecular formula is C21H27N5O4. The first-order chi connectivity index (χ1) is 14.6. The number of hydrogen-bond donors (Lipinski definition) is 2. The van der Waals surface area contributed by atoms with Crippen LogP contribution in [0.25, 0.3) is 0 Å². The van der Waals surface area contributed by atoms with Crippen LogP contribution in [0.2, 0.25) is 0 Å². The minimum Gasteiger partial charge on any atom is -0.497 e. The summed E-state index contributed by atoms with van der Waals surface area (Å²) in [6.07, 6.45) is 0.812. The van der Waals surface area contributed by atoms with Crippen molar-refractivity contribution in [3.63, 3.8) is 0 Å². The first kappa shape index (κ1) is 21.4. The number of ether oxygens (including phenoxy) is 1. The van der Waals surface area contributed by atoms with Gasteiger partial charge in [0.1, 0.15) is 11.4 Å². The van der Waals surface area contributed by atoms with E-state index in [-0.39, 0.29) is 11.4 Å². The SMILES string of the molecule is COc1ccc(N2CCN(CCCNC(=O)Nc3ccccc3[N+](=O)[O-])CC2)cc1. The van der Waals surface area contributed by atoms with Crippen LogP contribution < -0.4 is 20.3 Å². The second kappa shape index (κ2) is 10.4. The Kier molecular flexibility index (Phi) is 7.45. The van der Waals surface area contributed by atoms with Crippen LogP contribution in [0, 0.1) is 10.1 Å². The molecule has 1 heterocycles. The maximum absolute atomic E-state index is 12.0. The lowest BCUT2D eigenvalue weighted by Crippen LogP contribution is -2.47. The molecule has 2 N–H and O–H groups in total. The molecule has 1 aliphatic heterocycles. The molecule has 1 fully saturated rings. The lowest BCUT2D eigenvalue weighted by molar-refractivity contribution is -0.383. The normalized spacial score (nSPS) is 14.2. The van der Waals surface area contributed by atoms with Gasteiger partial charge in [0.05, 0.1) is 12.0 Å². The summed E-state index contributed by atoms with van der Waals surface area (Å²) in [4.78, 5) is 27.2. The van der Waals surface area contributed by atoms with E-state index in [9.17, 15) is 14.9 Å². The lowest BCUT2D eigenvalue weighted by Gasteiger charge is -2.36. The molecule has 0 aromatic heterocycles. The summed E-state index contributed by atoms with van der Waals surface area (Å²) in [5.74, 6) is 0.857. The number of nitro groups is 1. The van der Waals surface area contributed by atoms with E-state index in [1.54, 1.807) is 19.2 Å². The van der Waals surface area contributed by atoms with Crippen molar-refractivity contribution in [1.82, 2.24) is 10.2 Å². The van der Waals surface area contributed by atoms with Gasteiger partial charge in [-0.05, 0) is 43.3 Å². The molecule has 9 nitrogen and oxygen atoms in total. The van der Waals surface area contributed by atoms with Crippen LogP contribution in [0.1, 0.15) is 6.42 Å². The summed E-state index contributed by atoms with van der Waals surface area (Å²) in [6.45, 7) is 5.24. The quantitative estimate of drug-likeness (QED) is 0.392. The van der Waals surface area contributed by atoms with E-state index in [0.29, 0.717) is 6.54 Å². The highest BCUT2D eigenvalue weighted by Gasteiger charge is 2.17. The number of benzene rings is 2. The van der Waals surface area contributed by atoms with Crippen molar-refractivity contribution >= 4 is 23.1 Å². The van der Waals surface area contributed by atoms with Crippen LogP contribution in [0.3, 0.4) is 0 Å². The summed E-state index contributed by atoms with van der Waals surface area (Å²) >= 11 is 0. The van der Waals surface area contributed by atoms with Gasteiger partial charge in [-0.25, -0.2) is 4.79 Å². The summed E-state index contributed by atoms with van der Waals surface area (Å²) in [5.41, 5.74) is 1.26. The van der Waals surface area contributed by atoms with Gasteiger partial charge >= 0.3 is 6.03 Å². The highest BCUT2D eigenvalue weighted by molar-refractivity contribution is 5.91. The molecule has 2 aromatic rings. The second-order valence-electron chi connectivity index (χ2n) is 7.04. The van der Waals surface area contributed by atoms with Gasteiger partial charge in [-0.3, -0.25) is 15.0 Å². The predicted molar refractivity (Wildman–Crippen MR) is 116 cm³/mol. The lowest BCUT2D eigenvalue weighted by atomic mass is 10.2. The summed E-state index contributed by atoms with van der Waals surface area (Å²) in [6, 6.07) is 13.8. The molecule has 0 saturated carbocycles. The first-order valence-electron chi connectivity index (χ1n) is 9.96. The largest absolute Gasteiger partial charge is 0.497 e. The average Bonchev–Trinajstić information content (AvgIpc) is 2.77. The Morgan fingerprint density at radius 2 is 1.80 bits per heavy atom. The van der Waals surface area contributed by atoms with Crippen LogP contribution in [0.4, 0.5) is 21.9 Å². The van der Waals surface area contributed by atoms with Crippen LogP contribution in [-0.4, -0.2) is 62.2 Å². The predicted octanol–water partition coefficient (Wildman–Crippen LogP) is 2.94. The summed E-state index contributed by atoms with van der Waals surface area (Å²) < 4.78 is 5.20. The van der Waals surface area contributed by atoms with Crippen molar-refractivity contribution < 1.29 is 14.5 Å². The third kappa shape index (κ3) is 5.84. The number of nitrogens with zero attached hydrogens (tertiary/aromatic N) is 3. The zero-order chi connectivity index (χ0) is 21.3. The van der Waals surface area contributed by atoms with Gasteiger partial charge in [0.2, 0.25) is 0 Å². The van der Waals surface area contributed by atoms with Gasteiger partial charge < -0.3 is 20.3 Å². The number of amides is 2. The summed E-state index contributed by atoms with van der Waals surface area (Å²) in [7, 11) is 1.66. The second-order valence-corrected chi connectivity index (χ2v) is 7.04. The standard InChI is InChI=1S/C21H27N5O4/c1-30-18-9-7-17(8-10-18)25-15-13-24(14-16-25)12-4-11-22-21(27)23-19-5-2-3-6-20(19)26(28)29/h2-3,5-10H,4,11-16H2,1H3,(H2,22,23,27). The summed E-state index contributed by atoms with van der Waals surface area (Å²) in [5, 5.41) is 16.3. The Morgan fingerprint density at radius 3 is 2.47 bits per heavy atom. The minimum atomic E-state index is -0.513. The number of rotatable bonds is 8. The Bertz CT molecular complexity index is 851. The van der Waals surface area contributed by atoms with Gasteiger partial charge in [0.25, 0.3) is 5.69 Å². The molecular weight excluding hydrogens is 386 g/mol. The number of hydrogen-bond acceptors (Lipinski definition) is 6. The number of methoxy groups -OCH3 is 1. The first-order valence-corrected chi connectivity index (χ1v) is 9.96. The van der Waals surface area contributed by atoms with E-state index in [1.807, 2.05) is 12.1 Å². The van der Waals surface area contributed by atoms with Gasteiger partial charge in [-0.1, -0.05) is 12.1 Å². The third-order valence-electron chi connectivity index (χ3n) is 5.10. The van der Waals surface area contributed by atoms with Crippen LogP contribution in [0.5, 0.6) is 5.75 Å². The Labute approximate surface area is 175 Å². The zero-order valence-corrected chi connectivity index (χ0v) is 17.0. The average molecular weight is 413 g/mol. The molecule has 2 aromatic carbocycles. The number of piperazine rings is 1. The molecule has 0 radical (unpaired) electrons. The van der Waals surface area contributed by atoms with E-state index in [4.69, 9.17) is 4.74 Å². The number of carbonyl (C=O) groups excluding carboxylic acids is 1. The third-order valence-corrected chi connectivity index (χ3v) is 5.10. The zero-order valence-electron chi connectivity index (χ0n) is 17.0. The molecule has 0 unspecified atom stereocenters. The van der Waals surface area contributed by atoms with Gasteiger partial charge in [-0.2, -0.15) is 0 Å². The number of nitrogens with one attached hydrogen (secondary N) is 2. The topological polar surface area (TPSA) is 100.0 Å². The van der Waals surface area contributed by atoms with Crippen molar-refractivity contribution in [2.45, 2.75) is 6.42 Å². The van der Waals surface area contributed by atoms with E-state index >= 15 is 0 Å². The molecule has 0 bridgehead atoms. The van der Waals surface area contributed by atoms with Crippen LogP contribution >= 0.6 is 0 Å². The fourth-order valence-corrected chi connectivity index (χ4v) is 3.43. The smallest absolute Gasteiger partial charge is 0.319 e.